The molecular weight excluding hydrogens is 498 g/mol. The zero-order valence-electron chi connectivity index (χ0n) is 21.9. The highest BCUT2D eigenvalue weighted by molar-refractivity contribution is 5.97. The molecule has 2 N–H and O–H groups in total. The molecule has 1 amide bonds. The van der Waals surface area contributed by atoms with Crippen LogP contribution in [0.25, 0.3) is 22.0 Å². The lowest BCUT2D eigenvalue weighted by atomic mass is 10.0. The van der Waals surface area contributed by atoms with Gasteiger partial charge in [0, 0.05) is 42.6 Å². The minimum atomic E-state index is -1.05. The number of anilines is 3. The molecule has 4 aromatic rings. The van der Waals surface area contributed by atoms with Crippen molar-refractivity contribution in [1.29, 1.82) is 0 Å². The van der Waals surface area contributed by atoms with Gasteiger partial charge in [0.1, 0.15) is 29.1 Å². The summed E-state index contributed by atoms with van der Waals surface area (Å²) in [6.45, 7) is 5.91. The Kier molecular flexibility index (Phi) is 6.97. The summed E-state index contributed by atoms with van der Waals surface area (Å²) in [7, 11) is 0. The predicted octanol–water partition coefficient (Wildman–Crippen LogP) is 4.34. The number of carboxylic acids is 1. The monoisotopic (exact) mass is 527 g/mol. The van der Waals surface area contributed by atoms with Gasteiger partial charge in [-0.1, -0.05) is 24.3 Å². The van der Waals surface area contributed by atoms with Gasteiger partial charge in [-0.05, 0) is 44.4 Å². The topological polar surface area (TPSA) is 134 Å². The minimum Gasteiger partial charge on any atom is -0.480 e. The van der Waals surface area contributed by atoms with E-state index in [1.54, 1.807) is 50.5 Å². The number of ether oxygens (including phenoxy) is 1. The lowest BCUT2D eigenvalue weighted by Gasteiger charge is -2.40. The summed E-state index contributed by atoms with van der Waals surface area (Å²) >= 11 is 0. The first-order chi connectivity index (χ1) is 18.7. The molecule has 4 heterocycles. The SMILES string of the molecule is CC(C)(C)OC(=O)N1CCN(c2cc(-c3nc(Nc4cnccn4)cc4ccccc34)ccn2)C(C(=O)O)C1. The average Bonchev–Trinajstić information content (AvgIpc) is 2.92. The summed E-state index contributed by atoms with van der Waals surface area (Å²) in [5.41, 5.74) is 0.815. The Morgan fingerprint density at radius 3 is 2.59 bits per heavy atom. The first-order valence-corrected chi connectivity index (χ1v) is 12.5. The van der Waals surface area contributed by atoms with Crippen LogP contribution in [0, 0.1) is 0 Å². The first kappa shape index (κ1) is 25.8. The molecule has 11 nitrogen and oxygen atoms in total. The molecule has 5 rings (SSSR count). The molecule has 0 aliphatic carbocycles. The standard InChI is InChI=1S/C28H29N7O4/c1-28(2,3)39-27(38)34-12-13-35(21(17-34)26(36)37)24-15-19(8-9-31-24)25-20-7-5-4-6-18(20)14-22(33-25)32-23-16-29-10-11-30-23/h4-11,14-16,21H,12-13,17H2,1-3H3,(H,36,37)(H,30,32,33). The van der Waals surface area contributed by atoms with Crippen LogP contribution < -0.4 is 10.2 Å². The number of carboxylic acid groups (broad SMARTS) is 1. The van der Waals surface area contributed by atoms with E-state index in [4.69, 9.17) is 9.72 Å². The largest absolute Gasteiger partial charge is 0.480 e. The quantitative estimate of drug-likeness (QED) is 0.386. The summed E-state index contributed by atoms with van der Waals surface area (Å²) in [5, 5.41) is 15.1. The van der Waals surface area contributed by atoms with Crippen molar-refractivity contribution in [3.05, 3.63) is 67.3 Å². The second-order valence-electron chi connectivity index (χ2n) is 10.2. The van der Waals surface area contributed by atoms with Crippen LogP contribution in [-0.2, 0) is 9.53 Å². The van der Waals surface area contributed by atoms with Crippen molar-refractivity contribution < 1.29 is 19.4 Å². The maximum absolute atomic E-state index is 12.6. The molecule has 200 valence electrons. The van der Waals surface area contributed by atoms with Crippen molar-refractivity contribution in [3.8, 4) is 11.3 Å². The highest BCUT2D eigenvalue weighted by atomic mass is 16.6. The highest BCUT2D eigenvalue weighted by Gasteiger charge is 2.36. The maximum atomic E-state index is 12.6. The zero-order valence-corrected chi connectivity index (χ0v) is 21.9. The van der Waals surface area contributed by atoms with Crippen molar-refractivity contribution in [2.45, 2.75) is 32.4 Å². The molecular formula is C28H29N7O4. The van der Waals surface area contributed by atoms with Gasteiger partial charge < -0.3 is 25.0 Å². The number of carbonyl (C=O) groups excluding carboxylic acids is 1. The average molecular weight is 528 g/mol. The lowest BCUT2D eigenvalue weighted by Crippen LogP contribution is -2.58. The molecule has 1 aliphatic rings. The lowest BCUT2D eigenvalue weighted by molar-refractivity contribution is -0.139. The van der Waals surface area contributed by atoms with E-state index < -0.39 is 23.7 Å². The number of amides is 1. The molecule has 0 spiro atoms. The van der Waals surface area contributed by atoms with E-state index in [9.17, 15) is 14.7 Å². The van der Waals surface area contributed by atoms with E-state index in [1.807, 2.05) is 42.5 Å². The highest BCUT2D eigenvalue weighted by Crippen LogP contribution is 2.32. The van der Waals surface area contributed by atoms with E-state index in [1.165, 1.54) is 4.90 Å². The molecule has 1 aromatic carbocycles. The second kappa shape index (κ2) is 10.5. The summed E-state index contributed by atoms with van der Waals surface area (Å²) in [6.07, 6.45) is 5.92. The maximum Gasteiger partial charge on any atom is 0.410 e. The predicted molar refractivity (Wildman–Crippen MR) is 147 cm³/mol. The van der Waals surface area contributed by atoms with Crippen LogP contribution in [0.1, 0.15) is 20.8 Å². The van der Waals surface area contributed by atoms with Crippen LogP contribution in [0.5, 0.6) is 0 Å². The number of rotatable bonds is 5. The molecule has 0 radical (unpaired) electrons. The molecule has 0 bridgehead atoms. The van der Waals surface area contributed by atoms with Crippen LogP contribution in [0.3, 0.4) is 0 Å². The summed E-state index contributed by atoms with van der Waals surface area (Å²) in [5.74, 6) is 0.599. The van der Waals surface area contributed by atoms with E-state index in [2.05, 4.69) is 20.3 Å². The third-order valence-electron chi connectivity index (χ3n) is 6.19. The summed E-state index contributed by atoms with van der Waals surface area (Å²) in [4.78, 5) is 45.7. The molecule has 39 heavy (non-hydrogen) atoms. The van der Waals surface area contributed by atoms with E-state index >= 15 is 0 Å². The Labute approximate surface area is 225 Å². The number of carbonyl (C=O) groups is 2. The molecule has 1 unspecified atom stereocenters. The van der Waals surface area contributed by atoms with Gasteiger partial charge in [-0.3, -0.25) is 4.98 Å². The molecule has 1 atom stereocenters. The van der Waals surface area contributed by atoms with Crippen LogP contribution in [-0.4, -0.2) is 73.3 Å². The number of nitrogens with zero attached hydrogens (tertiary/aromatic N) is 6. The fraction of sp³-hybridized carbons (Fsp3) is 0.286. The molecule has 0 saturated carbocycles. The van der Waals surface area contributed by atoms with E-state index in [0.717, 1.165) is 16.3 Å². The van der Waals surface area contributed by atoms with Crippen LogP contribution in [0.4, 0.5) is 22.2 Å². The molecule has 1 fully saturated rings. The molecule has 11 heteroatoms. The molecule has 3 aromatic heterocycles. The van der Waals surface area contributed by atoms with Crippen molar-refractivity contribution in [3.63, 3.8) is 0 Å². The number of aromatic nitrogens is 4. The third kappa shape index (κ3) is 5.87. The van der Waals surface area contributed by atoms with Gasteiger partial charge in [-0.25, -0.2) is 24.5 Å². The number of pyridine rings is 2. The fourth-order valence-electron chi connectivity index (χ4n) is 4.46. The summed E-state index contributed by atoms with van der Waals surface area (Å²) < 4.78 is 5.46. The smallest absolute Gasteiger partial charge is 0.410 e. The Morgan fingerprint density at radius 2 is 1.85 bits per heavy atom. The first-order valence-electron chi connectivity index (χ1n) is 12.5. The van der Waals surface area contributed by atoms with Gasteiger partial charge >= 0.3 is 12.1 Å². The number of hydrogen-bond donors (Lipinski definition) is 2. The van der Waals surface area contributed by atoms with Crippen LogP contribution in [0.2, 0.25) is 0 Å². The van der Waals surface area contributed by atoms with Crippen molar-refractivity contribution >= 4 is 40.3 Å². The number of piperazine rings is 1. The van der Waals surface area contributed by atoms with Gasteiger partial charge in [-0.2, -0.15) is 0 Å². The summed E-state index contributed by atoms with van der Waals surface area (Å²) in [6, 6.07) is 12.5. The van der Waals surface area contributed by atoms with Gasteiger partial charge in [0.25, 0.3) is 0 Å². The normalized spacial score (nSPS) is 15.7. The fourth-order valence-corrected chi connectivity index (χ4v) is 4.46. The second-order valence-corrected chi connectivity index (χ2v) is 10.2. The van der Waals surface area contributed by atoms with Gasteiger partial charge in [0.2, 0.25) is 0 Å². The van der Waals surface area contributed by atoms with Gasteiger partial charge in [0.05, 0.1) is 18.4 Å². The van der Waals surface area contributed by atoms with Crippen molar-refractivity contribution in [2.75, 3.05) is 29.9 Å². The number of aliphatic carboxylic acids is 1. The van der Waals surface area contributed by atoms with Crippen molar-refractivity contribution in [1.82, 2.24) is 24.8 Å². The minimum absolute atomic E-state index is 0.0190. The third-order valence-corrected chi connectivity index (χ3v) is 6.19. The Balaban J connectivity index is 1.47. The van der Waals surface area contributed by atoms with Crippen molar-refractivity contribution in [2.24, 2.45) is 0 Å². The number of fused-ring (bicyclic) bond motifs is 1. The van der Waals surface area contributed by atoms with Gasteiger partial charge in [0.15, 0.2) is 0 Å². The Bertz CT molecular complexity index is 1510. The van der Waals surface area contributed by atoms with Crippen LogP contribution >= 0.6 is 0 Å². The van der Waals surface area contributed by atoms with E-state index in [0.29, 0.717) is 29.7 Å². The number of benzene rings is 1. The molecule has 1 saturated heterocycles. The zero-order chi connectivity index (χ0) is 27.6. The van der Waals surface area contributed by atoms with E-state index in [-0.39, 0.29) is 13.1 Å². The molecule has 1 aliphatic heterocycles. The Morgan fingerprint density at radius 1 is 1.03 bits per heavy atom. The Hall–Kier alpha value is -4.80. The van der Waals surface area contributed by atoms with Gasteiger partial charge in [-0.15, -0.1) is 0 Å². The number of nitrogens with one attached hydrogen (secondary N) is 1. The van der Waals surface area contributed by atoms with Crippen LogP contribution in [0.15, 0.2) is 67.3 Å². The number of hydrogen-bond acceptors (Lipinski definition) is 9.